The van der Waals surface area contributed by atoms with Crippen molar-refractivity contribution in [2.75, 3.05) is 26.2 Å². The van der Waals surface area contributed by atoms with Crippen LogP contribution in [-0.4, -0.2) is 61.8 Å². The summed E-state index contributed by atoms with van der Waals surface area (Å²) in [5, 5.41) is 0. The van der Waals surface area contributed by atoms with Crippen LogP contribution in [0.25, 0.3) is 0 Å². The fraction of sp³-hybridized carbons (Fsp3) is 0.600. The number of esters is 1. The summed E-state index contributed by atoms with van der Waals surface area (Å²) in [6.45, 7) is 4.02. The highest BCUT2D eigenvalue weighted by Gasteiger charge is 2.27. The van der Waals surface area contributed by atoms with Crippen molar-refractivity contribution < 1.29 is 22.7 Å². The normalized spacial score (nSPS) is 19.8. The van der Waals surface area contributed by atoms with Gasteiger partial charge >= 0.3 is 5.97 Å². The molecule has 154 valence electrons. The molecule has 0 radical (unpaired) electrons. The molecule has 0 bridgehead atoms. The maximum atomic E-state index is 12.8. The molecule has 3 rings (SSSR count). The van der Waals surface area contributed by atoms with Crippen LogP contribution >= 0.6 is 0 Å². The number of amides is 1. The third kappa shape index (κ3) is 4.72. The van der Waals surface area contributed by atoms with E-state index in [4.69, 9.17) is 4.74 Å². The number of sulfonamides is 1. The Morgan fingerprint density at radius 2 is 1.43 bits per heavy atom. The average Bonchev–Trinajstić information content (AvgIpc) is 3.08. The molecule has 0 aromatic heterocycles. The molecule has 0 spiro atoms. The molecule has 2 fully saturated rings. The van der Waals surface area contributed by atoms with E-state index in [1.807, 2.05) is 0 Å². The monoisotopic (exact) mass is 408 g/mol. The number of hydrogen-bond acceptors (Lipinski definition) is 5. The summed E-state index contributed by atoms with van der Waals surface area (Å²) in [7, 11) is -3.55. The molecule has 0 saturated carbocycles. The van der Waals surface area contributed by atoms with Crippen molar-refractivity contribution in [2.45, 2.75) is 56.4 Å². The van der Waals surface area contributed by atoms with Crippen molar-refractivity contribution in [1.29, 1.82) is 0 Å². The Bertz CT molecular complexity index is 792. The second kappa shape index (κ2) is 9.05. The van der Waals surface area contributed by atoms with Crippen molar-refractivity contribution in [2.24, 2.45) is 0 Å². The molecular weight excluding hydrogens is 380 g/mol. The van der Waals surface area contributed by atoms with Gasteiger partial charge in [-0.3, -0.25) is 4.79 Å². The summed E-state index contributed by atoms with van der Waals surface area (Å²) in [5.41, 5.74) is 0.232. The van der Waals surface area contributed by atoms with Crippen LogP contribution in [0.2, 0.25) is 0 Å². The zero-order chi connectivity index (χ0) is 20.1. The highest BCUT2D eigenvalue weighted by molar-refractivity contribution is 7.89. The summed E-state index contributed by atoms with van der Waals surface area (Å²) in [6, 6.07) is 5.76. The number of hydrogen-bond donors (Lipinski definition) is 0. The predicted molar refractivity (Wildman–Crippen MR) is 104 cm³/mol. The van der Waals surface area contributed by atoms with Crippen LogP contribution in [-0.2, 0) is 19.6 Å². The molecule has 1 aromatic carbocycles. The fourth-order valence-electron chi connectivity index (χ4n) is 3.67. The minimum Gasteiger partial charge on any atom is -0.449 e. The number of benzene rings is 1. The van der Waals surface area contributed by atoms with Crippen molar-refractivity contribution in [3.63, 3.8) is 0 Å². The van der Waals surface area contributed by atoms with Crippen molar-refractivity contribution in [3.05, 3.63) is 29.8 Å². The summed E-state index contributed by atoms with van der Waals surface area (Å²) < 4.78 is 32.4. The van der Waals surface area contributed by atoms with Gasteiger partial charge in [0.15, 0.2) is 6.10 Å². The van der Waals surface area contributed by atoms with Gasteiger partial charge in [-0.15, -0.1) is 0 Å². The summed E-state index contributed by atoms with van der Waals surface area (Å²) in [5.74, 6) is -0.815. The second-order valence-corrected chi connectivity index (χ2v) is 9.36. The Morgan fingerprint density at radius 1 is 0.893 bits per heavy atom. The van der Waals surface area contributed by atoms with Gasteiger partial charge in [0.05, 0.1) is 10.5 Å². The maximum absolute atomic E-state index is 12.8. The first-order chi connectivity index (χ1) is 13.4. The first kappa shape index (κ1) is 20.8. The van der Waals surface area contributed by atoms with E-state index < -0.39 is 22.1 Å². The third-order valence-electron chi connectivity index (χ3n) is 5.34. The van der Waals surface area contributed by atoms with E-state index in [-0.39, 0.29) is 16.4 Å². The topological polar surface area (TPSA) is 84.0 Å². The maximum Gasteiger partial charge on any atom is 0.338 e. The van der Waals surface area contributed by atoms with E-state index in [2.05, 4.69) is 0 Å². The lowest BCUT2D eigenvalue weighted by molar-refractivity contribution is -0.138. The molecule has 2 saturated heterocycles. The highest BCUT2D eigenvalue weighted by atomic mass is 32.2. The molecule has 0 unspecified atom stereocenters. The Balaban J connectivity index is 1.64. The predicted octanol–water partition coefficient (Wildman–Crippen LogP) is 2.42. The number of likely N-dealkylation sites (tertiary alicyclic amines) is 1. The Morgan fingerprint density at radius 3 is 2.00 bits per heavy atom. The van der Waals surface area contributed by atoms with Crippen LogP contribution < -0.4 is 0 Å². The van der Waals surface area contributed by atoms with Crippen LogP contribution in [0.3, 0.4) is 0 Å². The largest absolute Gasteiger partial charge is 0.449 e. The van der Waals surface area contributed by atoms with Crippen LogP contribution in [0.4, 0.5) is 0 Å². The zero-order valence-corrected chi connectivity index (χ0v) is 17.1. The smallest absolute Gasteiger partial charge is 0.338 e. The molecule has 1 aromatic rings. The van der Waals surface area contributed by atoms with Gasteiger partial charge in [-0.05, 0) is 56.9 Å². The molecule has 2 heterocycles. The van der Waals surface area contributed by atoms with E-state index >= 15 is 0 Å². The van der Waals surface area contributed by atoms with Gasteiger partial charge in [0.2, 0.25) is 10.0 Å². The molecule has 0 aliphatic carbocycles. The quantitative estimate of drug-likeness (QED) is 0.699. The van der Waals surface area contributed by atoms with Gasteiger partial charge in [-0.2, -0.15) is 4.31 Å². The SMILES string of the molecule is C[C@@H](OC(=O)c1ccc(S(=O)(=O)N2CCCCCC2)cc1)C(=O)N1CCCC1. The van der Waals surface area contributed by atoms with Crippen LogP contribution in [0.15, 0.2) is 29.2 Å². The van der Waals surface area contributed by atoms with Crippen LogP contribution in [0.5, 0.6) is 0 Å². The van der Waals surface area contributed by atoms with Gasteiger partial charge in [0.25, 0.3) is 5.91 Å². The van der Waals surface area contributed by atoms with Crippen molar-refractivity contribution >= 4 is 21.9 Å². The number of carbonyl (C=O) groups excluding carboxylic acids is 2. The lowest BCUT2D eigenvalue weighted by atomic mass is 10.2. The first-order valence-electron chi connectivity index (χ1n) is 9.99. The standard InChI is InChI=1S/C20H28N2O5S/c1-16(19(23)21-12-6-7-13-21)27-20(24)17-8-10-18(11-9-17)28(25,26)22-14-4-2-3-5-15-22/h8-11,16H,2-7,12-15H2,1H3/t16-/m1/s1. The fourth-order valence-corrected chi connectivity index (χ4v) is 5.18. The van der Waals surface area contributed by atoms with Gasteiger partial charge in [-0.25, -0.2) is 13.2 Å². The summed E-state index contributed by atoms with van der Waals surface area (Å²) >= 11 is 0. The van der Waals surface area contributed by atoms with E-state index in [0.29, 0.717) is 26.2 Å². The number of ether oxygens (including phenoxy) is 1. The van der Waals surface area contributed by atoms with Crippen molar-refractivity contribution in [3.8, 4) is 0 Å². The highest BCUT2D eigenvalue weighted by Crippen LogP contribution is 2.21. The minimum atomic E-state index is -3.55. The molecule has 1 atom stereocenters. The molecule has 1 amide bonds. The zero-order valence-electron chi connectivity index (χ0n) is 16.3. The average molecular weight is 409 g/mol. The van der Waals surface area contributed by atoms with E-state index in [9.17, 15) is 18.0 Å². The molecule has 28 heavy (non-hydrogen) atoms. The lowest BCUT2D eigenvalue weighted by Gasteiger charge is -2.21. The van der Waals surface area contributed by atoms with Gasteiger partial charge in [0.1, 0.15) is 0 Å². The lowest BCUT2D eigenvalue weighted by Crippen LogP contribution is -2.38. The van der Waals surface area contributed by atoms with Crippen LogP contribution in [0.1, 0.15) is 55.8 Å². The van der Waals surface area contributed by atoms with Gasteiger partial charge in [-0.1, -0.05) is 12.8 Å². The number of nitrogens with zero attached hydrogens (tertiary/aromatic N) is 2. The molecule has 0 N–H and O–H groups in total. The van der Waals surface area contributed by atoms with E-state index in [1.54, 1.807) is 11.8 Å². The van der Waals surface area contributed by atoms with E-state index in [1.165, 1.54) is 28.6 Å². The first-order valence-corrected chi connectivity index (χ1v) is 11.4. The number of carbonyl (C=O) groups is 2. The molecule has 8 heteroatoms. The summed E-state index contributed by atoms with van der Waals surface area (Å²) in [4.78, 5) is 26.5. The van der Waals surface area contributed by atoms with Gasteiger partial charge in [0, 0.05) is 26.2 Å². The van der Waals surface area contributed by atoms with E-state index in [0.717, 1.165) is 38.5 Å². The molecule has 2 aliphatic heterocycles. The molecule has 2 aliphatic rings. The Hall–Kier alpha value is -1.93. The Kier molecular flexibility index (Phi) is 6.72. The number of rotatable bonds is 5. The van der Waals surface area contributed by atoms with Gasteiger partial charge < -0.3 is 9.64 Å². The molecule has 7 nitrogen and oxygen atoms in total. The minimum absolute atomic E-state index is 0.173. The van der Waals surface area contributed by atoms with Crippen molar-refractivity contribution in [1.82, 2.24) is 9.21 Å². The Labute approximate surface area is 166 Å². The van der Waals surface area contributed by atoms with Crippen LogP contribution in [0, 0.1) is 0 Å². The second-order valence-electron chi connectivity index (χ2n) is 7.42. The summed E-state index contributed by atoms with van der Waals surface area (Å²) in [6.07, 6.45) is 4.92. The third-order valence-corrected chi connectivity index (χ3v) is 7.26. The molecular formula is C20H28N2O5S.